The third kappa shape index (κ3) is 2.71. The van der Waals surface area contributed by atoms with Gasteiger partial charge in [-0.25, -0.2) is 9.78 Å². The van der Waals surface area contributed by atoms with E-state index in [0.29, 0.717) is 11.5 Å². The fourth-order valence-corrected chi connectivity index (χ4v) is 2.12. The smallest absolute Gasteiger partial charge is 0.337 e. The summed E-state index contributed by atoms with van der Waals surface area (Å²) < 4.78 is 16.0. The van der Waals surface area contributed by atoms with Crippen molar-refractivity contribution in [2.75, 3.05) is 6.79 Å². The Morgan fingerprint density at radius 1 is 1.33 bits per heavy atom. The summed E-state index contributed by atoms with van der Waals surface area (Å²) in [5.74, 6) is 0.279. The van der Waals surface area contributed by atoms with Crippen LogP contribution in [0.1, 0.15) is 15.9 Å². The Balaban J connectivity index is 1.76. The number of carboxylic acid groups (broad SMARTS) is 1. The SMILES string of the molecule is O=C(O)c1ccnc(OCc2ccc3c(c2)OCO3)c1Cl. The quantitative estimate of drug-likeness (QED) is 0.935. The standard InChI is InChI=1S/C14H10ClNO5/c15-12-9(14(17)18)3-4-16-13(12)19-6-8-1-2-10-11(5-8)21-7-20-10/h1-5H,6-7H2,(H,17,18). The summed E-state index contributed by atoms with van der Waals surface area (Å²) in [4.78, 5) is 14.9. The van der Waals surface area contributed by atoms with Crippen LogP contribution in [0, 0.1) is 0 Å². The number of aromatic carboxylic acids is 1. The molecule has 2 aromatic rings. The lowest BCUT2D eigenvalue weighted by Crippen LogP contribution is -2.03. The van der Waals surface area contributed by atoms with Crippen LogP contribution in [0.15, 0.2) is 30.5 Å². The molecule has 1 aliphatic heterocycles. The van der Waals surface area contributed by atoms with E-state index in [9.17, 15) is 4.79 Å². The molecule has 6 nitrogen and oxygen atoms in total. The second-order valence-corrected chi connectivity index (χ2v) is 4.64. The lowest BCUT2D eigenvalue weighted by atomic mass is 10.2. The summed E-state index contributed by atoms with van der Waals surface area (Å²) >= 11 is 5.95. The summed E-state index contributed by atoms with van der Waals surface area (Å²) in [6, 6.07) is 6.71. The first-order valence-electron chi connectivity index (χ1n) is 6.04. The van der Waals surface area contributed by atoms with Gasteiger partial charge in [0, 0.05) is 6.20 Å². The average molecular weight is 308 g/mol. The van der Waals surface area contributed by atoms with Crippen LogP contribution in [0.2, 0.25) is 5.02 Å². The van der Waals surface area contributed by atoms with Crippen LogP contribution in [0.25, 0.3) is 0 Å². The molecule has 0 fully saturated rings. The first-order chi connectivity index (χ1) is 10.1. The minimum Gasteiger partial charge on any atom is -0.478 e. The van der Waals surface area contributed by atoms with Crippen molar-refractivity contribution in [3.05, 3.63) is 46.6 Å². The summed E-state index contributed by atoms with van der Waals surface area (Å²) in [7, 11) is 0. The normalized spacial score (nSPS) is 12.2. The molecule has 1 aromatic heterocycles. The number of carboxylic acids is 1. The molecule has 0 saturated carbocycles. The molecule has 0 unspecified atom stereocenters. The molecule has 3 rings (SSSR count). The number of fused-ring (bicyclic) bond motifs is 1. The second-order valence-electron chi connectivity index (χ2n) is 4.26. The zero-order valence-corrected chi connectivity index (χ0v) is 11.5. The fraction of sp³-hybridized carbons (Fsp3) is 0.143. The van der Waals surface area contributed by atoms with Crippen LogP contribution in [0.3, 0.4) is 0 Å². The molecule has 0 saturated heterocycles. The highest BCUT2D eigenvalue weighted by molar-refractivity contribution is 6.34. The average Bonchev–Trinajstić information content (AvgIpc) is 2.93. The molecular weight excluding hydrogens is 298 g/mol. The van der Waals surface area contributed by atoms with Crippen LogP contribution in [-0.2, 0) is 6.61 Å². The van der Waals surface area contributed by atoms with Crippen LogP contribution in [0.4, 0.5) is 0 Å². The molecule has 1 N–H and O–H groups in total. The highest BCUT2D eigenvalue weighted by atomic mass is 35.5. The van der Waals surface area contributed by atoms with Crippen molar-refractivity contribution in [3.8, 4) is 17.4 Å². The van der Waals surface area contributed by atoms with Crippen molar-refractivity contribution in [3.63, 3.8) is 0 Å². The molecule has 108 valence electrons. The second kappa shape index (κ2) is 5.49. The van der Waals surface area contributed by atoms with E-state index >= 15 is 0 Å². The zero-order valence-electron chi connectivity index (χ0n) is 10.7. The lowest BCUT2D eigenvalue weighted by molar-refractivity contribution is 0.0696. The molecule has 0 aliphatic carbocycles. The van der Waals surface area contributed by atoms with E-state index in [0.717, 1.165) is 5.56 Å². The van der Waals surface area contributed by atoms with Gasteiger partial charge in [0.15, 0.2) is 11.5 Å². The minimum absolute atomic E-state index is 0.0225. The number of halogens is 1. The van der Waals surface area contributed by atoms with Crippen molar-refractivity contribution < 1.29 is 24.1 Å². The van der Waals surface area contributed by atoms with Gasteiger partial charge in [-0.15, -0.1) is 0 Å². The molecule has 0 radical (unpaired) electrons. The number of pyridine rings is 1. The summed E-state index contributed by atoms with van der Waals surface area (Å²) in [5.41, 5.74) is 0.783. The Kier molecular flexibility index (Phi) is 3.53. The van der Waals surface area contributed by atoms with Crippen molar-refractivity contribution in [1.82, 2.24) is 4.98 Å². The maximum atomic E-state index is 11.0. The number of carbonyl (C=O) groups is 1. The van der Waals surface area contributed by atoms with E-state index in [-0.39, 0.29) is 29.9 Å². The Bertz CT molecular complexity index is 704. The van der Waals surface area contributed by atoms with Gasteiger partial charge >= 0.3 is 5.97 Å². The molecule has 2 heterocycles. The van der Waals surface area contributed by atoms with Crippen LogP contribution in [0.5, 0.6) is 17.4 Å². The maximum Gasteiger partial charge on any atom is 0.337 e. The molecule has 0 spiro atoms. The van der Waals surface area contributed by atoms with E-state index in [1.807, 2.05) is 6.07 Å². The first-order valence-corrected chi connectivity index (χ1v) is 6.42. The molecule has 0 amide bonds. The molecule has 1 aliphatic rings. The van der Waals surface area contributed by atoms with Gasteiger partial charge in [0.1, 0.15) is 11.6 Å². The van der Waals surface area contributed by atoms with Gasteiger partial charge in [-0.1, -0.05) is 17.7 Å². The number of nitrogens with zero attached hydrogens (tertiary/aromatic N) is 1. The van der Waals surface area contributed by atoms with Gasteiger partial charge in [0.05, 0.1) is 5.56 Å². The number of rotatable bonds is 4. The topological polar surface area (TPSA) is 77.9 Å². The monoisotopic (exact) mass is 307 g/mol. The Morgan fingerprint density at radius 2 is 2.14 bits per heavy atom. The van der Waals surface area contributed by atoms with Crippen molar-refractivity contribution in [2.45, 2.75) is 6.61 Å². The third-order valence-corrected chi connectivity index (χ3v) is 3.27. The molecule has 0 bridgehead atoms. The Labute approximate surface area is 124 Å². The van der Waals surface area contributed by atoms with E-state index in [2.05, 4.69) is 4.98 Å². The minimum atomic E-state index is -1.13. The summed E-state index contributed by atoms with van der Waals surface area (Å²) in [6.45, 7) is 0.389. The van der Waals surface area contributed by atoms with E-state index in [1.54, 1.807) is 12.1 Å². The molecular formula is C14H10ClNO5. The Morgan fingerprint density at radius 3 is 2.95 bits per heavy atom. The number of benzene rings is 1. The molecule has 7 heteroatoms. The summed E-state index contributed by atoms with van der Waals surface area (Å²) in [5, 5.41) is 8.96. The van der Waals surface area contributed by atoms with Gasteiger partial charge in [-0.2, -0.15) is 0 Å². The maximum absolute atomic E-state index is 11.0. The van der Waals surface area contributed by atoms with Crippen LogP contribution < -0.4 is 14.2 Å². The molecule has 0 atom stereocenters. The summed E-state index contributed by atoms with van der Waals surface area (Å²) in [6.07, 6.45) is 1.34. The van der Waals surface area contributed by atoms with Crippen molar-refractivity contribution >= 4 is 17.6 Å². The van der Waals surface area contributed by atoms with Gasteiger partial charge in [-0.3, -0.25) is 0 Å². The number of hydrogen-bond donors (Lipinski definition) is 1. The van der Waals surface area contributed by atoms with Gasteiger partial charge in [0.2, 0.25) is 12.7 Å². The van der Waals surface area contributed by atoms with E-state index in [4.69, 9.17) is 30.9 Å². The van der Waals surface area contributed by atoms with Crippen LogP contribution >= 0.6 is 11.6 Å². The van der Waals surface area contributed by atoms with Crippen molar-refractivity contribution in [2.24, 2.45) is 0 Å². The lowest BCUT2D eigenvalue weighted by Gasteiger charge is -2.08. The van der Waals surface area contributed by atoms with Gasteiger partial charge in [0.25, 0.3) is 0 Å². The highest BCUT2D eigenvalue weighted by Gasteiger charge is 2.16. The molecule has 1 aromatic carbocycles. The fourth-order valence-electron chi connectivity index (χ4n) is 1.87. The number of aromatic nitrogens is 1. The Hall–Kier alpha value is -2.47. The predicted octanol–water partition coefficient (Wildman–Crippen LogP) is 2.74. The van der Waals surface area contributed by atoms with E-state index < -0.39 is 5.97 Å². The first kappa shape index (κ1) is 13.5. The largest absolute Gasteiger partial charge is 0.478 e. The van der Waals surface area contributed by atoms with Crippen molar-refractivity contribution in [1.29, 1.82) is 0 Å². The van der Waals surface area contributed by atoms with Crippen LogP contribution in [-0.4, -0.2) is 22.9 Å². The zero-order chi connectivity index (χ0) is 14.8. The highest BCUT2D eigenvalue weighted by Crippen LogP contribution is 2.33. The van der Waals surface area contributed by atoms with Gasteiger partial charge < -0.3 is 19.3 Å². The predicted molar refractivity (Wildman–Crippen MR) is 73.1 cm³/mol. The molecule has 21 heavy (non-hydrogen) atoms. The van der Waals surface area contributed by atoms with E-state index in [1.165, 1.54) is 12.3 Å². The third-order valence-electron chi connectivity index (χ3n) is 2.90. The number of ether oxygens (including phenoxy) is 3. The van der Waals surface area contributed by atoms with Gasteiger partial charge in [-0.05, 0) is 23.8 Å². The number of hydrogen-bond acceptors (Lipinski definition) is 5.